The molecule has 0 bridgehead atoms. The number of thiophene rings is 2. The Labute approximate surface area is 301 Å². The van der Waals surface area contributed by atoms with Gasteiger partial charge in [0.2, 0.25) is 5.96 Å². The van der Waals surface area contributed by atoms with Crippen LogP contribution in [-0.4, -0.2) is 10.5 Å². The SMILES string of the molecule is c1ccc(-c2ccc3c(c2)c2ccccc2n3C2=NC(c3ccccc3)NC(c3cccc4sc5c(ccc6c7ccccc7sc65)c34)N2)cc1. The van der Waals surface area contributed by atoms with Gasteiger partial charge in [-0.3, -0.25) is 9.88 Å². The van der Waals surface area contributed by atoms with Gasteiger partial charge >= 0.3 is 0 Å². The van der Waals surface area contributed by atoms with Gasteiger partial charge in [-0.15, -0.1) is 22.7 Å². The Morgan fingerprint density at radius 3 is 2.08 bits per heavy atom. The van der Waals surface area contributed by atoms with Crippen LogP contribution in [0.4, 0.5) is 0 Å². The molecular weight excluding hydrogens is 661 g/mol. The highest BCUT2D eigenvalue weighted by molar-refractivity contribution is 7.33. The molecule has 2 N–H and O–H groups in total. The topological polar surface area (TPSA) is 41.4 Å². The number of aliphatic imine (C=N–C) groups is 1. The third kappa shape index (κ3) is 4.51. The third-order valence-electron chi connectivity index (χ3n) is 10.3. The van der Waals surface area contributed by atoms with Gasteiger partial charge in [-0.2, -0.15) is 0 Å². The fourth-order valence-electron chi connectivity index (χ4n) is 7.97. The van der Waals surface area contributed by atoms with E-state index in [1.165, 1.54) is 67.8 Å². The summed E-state index contributed by atoms with van der Waals surface area (Å²) in [5.74, 6) is 0.828. The van der Waals surface area contributed by atoms with Crippen LogP contribution in [0.5, 0.6) is 0 Å². The van der Waals surface area contributed by atoms with E-state index >= 15 is 0 Å². The molecule has 1 aliphatic heterocycles. The van der Waals surface area contributed by atoms with Gasteiger partial charge in [-0.25, -0.2) is 4.99 Å². The average Bonchev–Trinajstić information content (AvgIpc) is 3.88. The zero-order chi connectivity index (χ0) is 33.5. The Morgan fingerprint density at radius 2 is 1.20 bits per heavy atom. The molecule has 0 radical (unpaired) electrons. The minimum Gasteiger partial charge on any atom is -0.336 e. The number of aromatic nitrogens is 1. The Kier molecular flexibility index (Phi) is 6.46. The Hall–Kier alpha value is -5.79. The van der Waals surface area contributed by atoms with Crippen molar-refractivity contribution < 1.29 is 0 Å². The Bertz CT molecular complexity index is 2990. The molecule has 4 heterocycles. The molecule has 51 heavy (non-hydrogen) atoms. The van der Waals surface area contributed by atoms with Gasteiger partial charge in [-0.1, -0.05) is 127 Å². The van der Waals surface area contributed by atoms with Crippen molar-refractivity contribution in [3.8, 4) is 11.1 Å². The Morgan fingerprint density at radius 1 is 0.510 bits per heavy atom. The molecule has 0 saturated carbocycles. The maximum Gasteiger partial charge on any atom is 0.206 e. The van der Waals surface area contributed by atoms with Crippen LogP contribution in [0.2, 0.25) is 0 Å². The molecule has 0 spiro atoms. The molecule has 0 amide bonds. The molecule has 3 aromatic heterocycles. The summed E-state index contributed by atoms with van der Waals surface area (Å²) >= 11 is 3.81. The minimum atomic E-state index is -0.248. The number of nitrogens with zero attached hydrogens (tertiary/aromatic N) is 2. The summed E-state index contributed by atoms with van der Waals surface area (Å²) in [6.07, 6.45) is -0.441. The van der Waals surface area contributed by atoms with Crippen LogP contribution in [0.3, 0.4) is 0 Å². The summed E-state index contributed by atoms with van der Waals surface area (Å²) in [4.78, 5) is 5.41. The average molecular weight is 691 g/mol. The van der Waals surface area contributed by atoms with Crippen LogP contribution in [-0.2, 0) is 0 Å². The van der Waals surface area contributed by atoms with E-state index in [0.29, 0.717) is 0 Å². The molecule has 1 aliphatic rings. The molecule has 0 fully saturated rings. The predicted molar refractivity (Wildman–Crippen MR) is 218 cm³/mol. The van der Waals surface area contributed by atoms with Crippen molar-refractivity contribution in [2.75, 3.05) is 0 Å². The second-order valence-electron chi connectivity index (χ2n) is 13.2. The summed E-state index contributed by atoms with van der Waals surface area (Å²) in [6.45, 7) is 0. The van der Waals surface area contributed by atoms with Crippen LogP contribution in [0.15, 0.2) is 163 Å². The van der Waals surface area contributed by atoms with Crippen LogP contribution in [0.1, 0.15) is 23.5 Å². The molecule has 10 aromatic rings. The monoisotopic (exact) mass is 690 g/mol. The zero-order valence-corrected chi connectivity index (χ0v) is 29.0. The first-order valence-corrected chi connectivity index (χ1v) is 18.9. The predicted octanol–water partition coefficient (Wildman–Crippen LogP) is 12.0. The molecule has 11 rings (SSSR count). The molecule has 2 atom stereocenters. The maximum atomic E-state index is 5.41. The number of para-hydroxylation sites is 1. The molecular formula is C45H30N4S2. The summed E-state index contributed by atoms with van der Waals surface area (Å²) in [7, 11) is 0. The van der Waals surface area contributed by atoms with Crippen LogP contribution in [0.25, 0.3) is 73.3 Å². The standard InChI is InChI=1S/C45H30N4S2/c1-3-12-27(13-4-1)29-22-25-37-35(26-29)30-16-7-9-19-36(30)49(37)45-47-43(28-14-5-2-6-15-28)46-44(48-45)34-18-11-21-39-40(34)33-24-23-32-31-17-8-10-20-38(31)50-41(32)42(33)51-39/h1-26,43-44,46H,(H,47,48). The van der Waals surface area contributed by atoms with Crippen molar-refractivity contribution in [3.05, 3.63) is 169 Å². The molecule has 2 unspecified atom stereocenters. The maximum absolute atomic E-state index is 5.41. The highest BCUT2D eigenvalue weighted by Crippen LogP contribution is 2.46. The largest absolute Gasteiger partial charge is 0.336 e. The Balaban J connectivity index is 1.11. The first-order chi connectivity index (χ1) is 25.3. The van der Waals surface area contributed by atoms with Gasteiger partial charge in [0.25, 0.3) is 0 Å². The van der Waals surface area contributed by atoms with Gasteiger partial charge in [0, 0.05) is 41.7 Å². The molecule has 6 heteroatoms. The van der Waals surface area contributed by atoms with E-state index in [2.05, 4.69) is 173 Å². The molecule has 7 aromatic carbocycles. The van der Waals surface area contributed by atoms with Crippen LogP contribution in [0, 0.1) is 0 Å². The van der Waals surface area contributed by atoms with E-state index in [4.69, 9.17) is 4.99 Å². The normalized spacial score (nSPS) is 16.4. The smallest absolute Gasteiger partial charge is 0.206 e. The van der Waals surface area contributed by atoms with Crippen LogP contribution >= 0.6 is 22.7 Å². The summed E-state index contributed by atoms with van der Waals surface area (Å²) in [5.41, 5.74) is 7.02. The molecule has 0 aliphatic carbocycles. The lowest BCUT2D eigenvalue weighted by molar-refractivity contribution is 0.405. The number of hydrogen-bond donors (Lipinski definition) is 2. The van der Waals surface area contributed by atoms with E-state index in [-0.39, 0.29) is 12.3 Å². The second kappa shape index (κ2) is 11.4. The van der Waals surface area contributed by atoms with E-state index in [1.807, 2.05) is 22.7 Å². The zero-order valence-electron chi connectivity index (χ0n) is 27.4. The van der Waals surface area contributed by atoms with E-state index in [0.717, 1.165) is 22.6 Å². The van der Waals surface area contributed by atoms with Gasteiger partial charge in [0.1, 0.15) is 12.3 Å². The second-order valence-corrected chi connectivity index (χ2v) is 15.3. The van der Waals surface area contributed by atoms with Gasteiger partial charge in [0.15, 0.2) is 0 Å². The third-order valence-corrected chi connectivity index (χ3v) is 12.8. The lowest BCUT2D eigenvalue weighted by Gasteiger charge is -2.33. The summed E-state index contributed by atoms with van der Waals surface area (Å²) in [6, 6.07) is 56.9. The number of benzene rings is 7. The summed E-state index contributed by atoms with van der Waals surface area (Å²) < 4.78 is 7.67. The summed E-state index contributed by atoms with van der Waals surface area (Å²) in [5, 5.41) is 15.5. The van der Waals surface area contributed by atoms with Gasteiger partial charge in [0.05, 0.1) is 20.4 Å². The number of nitrogens with one attached hydrogen (secondary N) is 2. The van der Waals surface area contributed by atoms with Crippen molar-refractivity contribution in [2.24, 2.45) is 4.99 Å². The van der Waals surface area contributed by atoms with Crippen molar-refractivity contribution in [3.63, 3.8) is 0 Å². The van der Waals surface area contributed by atoms with E-state index in [1.54, 1.807) is 0 Å². The fourth-order valence-corrected chi connectivity index (χ4v) is 10.5. The van der Waals surface area contributed by atoms with Crippen molar-refractivity contribution in [1.82, 2.24) is 15.2 Å². The van der Waals surface area contributed by atoms with Crippen molar-refractivity contribution >= 4 is 90.8 Å². The minimum absolute atomic E-state index is 0.192. The van der Waals surface area contributed by atoms with Crippen molar-refractivity contribution in [1.29, 1.82) is 0 Å². The number of fused-ring (bicyclic) bond motifs is 10. The molecule has 0 saturated heterocycles. The van der Waals surface area contributed by atoms with E-state index in [9.17, 15) is 0 Å². The number of rotatable bonds is 3. The molecule has 242 valence electrons. The first-order valence-electron chi connectivity index (χ1n) is 17.3. The van der Waals surface area contributed by atoms with Gasteiger partial charge < -0.3 is 5.32 Å². The number of hydrogen-bond acceptors (Lipinski definition) is 5. The van der Waals surface area contributed by atoms with Gasteiger partial charge in [-0.05, 0) is 52.6 Å². The quantitative estimate of drug-likeness (QED) is 0.194. The lowest BCUT2D eigenvalue weighted by atomic mass is 10.0. The first kappa shape index (κ1) is 29.0. The van der Waals surface area contributed by atoms with Crippen molar-refractivity contribution in [2.45, 2.75) is 12.3 Å². The highest BCUT2D eigenvalue weighted by Gasteiger charge is 2.29. The molecule has 4 nitrogen and oxygen atoms in total. The highest BCUT2D eigenvalue weighted by atomic mass is 32.1. The lowest BCUT2D eigenvalue weighted by Crippen LogP contribution is -2.47. The van der Waals surface area contributed by atoms with E-state index < -0.39 is 0 Å². The fraction of sp³-hybridized carbons (Fsp3) is 0.0444. The van der Waals surface area contributed by atoms with Crippen LogP contribution < -0.4 is 10.6 Å².